The maximum absolute atomic E-state index is 10.4. The van der Waals surface area contributed by atoms with Crippen molar-refractivity contribution in [3.05, 3.63) is 59.2 Å². The molecular formula is C19H21NO3. The maximum atomic E-state index is 10.4. The van der Waals surface area contributed by atoms with Crippen LogP contribution in [0.1, 0.15) is 41.6 Å². The Morgan fingerprint density at radius 2 is 1.61 bits per heavy atom. The zero-order valence-electron chi connectivity index (χ0n) is 12.9. The van der Waals surface area contributed by atoms with E-state index in [4.69, 9.17) is 0 Å². The van der Waals surface area contributed by atoms with E-state index in [0.717, 1.165) is 30.5 Å². The zero-order valence-corrected chi connectivity index (χ0v) is 12.9. The van der Waals surface area contributed by atoms with E-state index in [9.17, 15) is 15.3 Å². The second-order valence-corrected chi connectivity index (χ2v) is 6.60. The average Bonchev–Trinajstić information content (AvgIpc) is 2.56. The van der Waals surface area contributed by atoms with Crippen molar-refractivity contribution in [3.63, 3.8) is 0 Å². The van der Waals surface area contributed by atoms with Gasteiger partial charge in [0.1, 0.15) is 0 Å². The summed E-state index contributed by atoms with van der Waals surface area (Å²) in [6.07, 6.45) is 1.89. The monoisotopic (exact) mass is 311 g/mol. The van der Waals surface area contributed by atoms with Gasteiger partial charge >= 0.3 is 0 Å². The molecule has 0 aromatic heterocycles. The fourth-order valence-corrected chi connectivity index (χ4v) is 4.13. The summed E-state index contributed by atoms with van der Waals surface area (Å²) in [6.45, 7) is 0.897. The van der Waals surface area contributed by atoms with Gasteiger partial charge in [0.05, 0.1) is 6.10 Å². The Hall–Kier alpha value is -2.04. The molecule has 2 aliphatic rings. The van der Waals surface area contributed by atoms with Gasteiger partial charge in [-0.3, -0.25) is 4.90 Å². The molecule has 4 heteroatoms. The van der Waals surface area contributed by atoms with Crippen LogP contribution in [0.15, 0.2) is 42.5 Å². The molecule has 23 heavy (non-hydrogen) atoms. The van der Waals surface area contributed by atoms with E-state index in [0.29, 0.717) is 6.42 Å². The van der Waals surface area contributed by atoms with Crippen LogP contribution in [-0.4, -0.2) is 32.9 Å². The number of aliphatic hydroxyl groups excluding tert-OH is 1. The van der Waals surface area contributed by atoms with Crippen molar-refractivity contribution in [2.45, 2.75) is 37.5 Å². The number of phenolic OH excluding ortho intramolecular Hbond substituents is 2. The van der Waals surface area contributed by atoms with Gasteiger partial charge in [-0.15, -0.1) is 0 Å². The molecule has 2 aromatic carbocycles. The van der Waals surface area contributed by atoms with Gasteiger partial charge < -0.3 is 15.3 Å². The average molecular weight is 311 g/mol. The maximum Gasteiger partial charge on any atom is 0.157 e. The molecule has 2 aromatic rings. The van der Waals surface area contributed by atoms with Gasteiger partial charge in [-0.1, -0.05) is 30.3 Å². The number of phenols is 2. The lowest BCUT2D eigenvalue weighted by Gasteiger charge is -2.47. The summed E-state index contributed by atoms with van der Waals surface area (Å²) in [5.41, 5.74) is 3.33. The van der Waals surface area contributed by atoms with E-state index in [1.807, 2.05) is 18.2 Å². The Kier molecular flexibility index (Phi) is 3.51. The molecule has 3 N–H and O–H groups in total. The van der Waals surface area contributed by atoms with Crippen LogP contribution in [0.3, 0.4) is 0 Å². The second kappa shape index (κ2) is 5.55. The molecule has 4 nitrogen and oxygen atoms in total. The number of fused-ring (bicyclic) bond motifs is 3. The molecule has 4 rings (SSSR count). The molecule has 0 saturated carbocycles. The first kappa shape index (κ1) is 14.5. The highest BCUT2D eigenvalue weighted by Gasteiger charge is 2.39. The van der Waals surface area contributed by atoms with Crippen LogP contribution in [0, 0.1) is 0 Å². The molecule has 0 bridgehead atoms. The van der Waals surface area contributed by atoms with Crippen molar-refractivity contribution in [3.8, 4) is 11.5 Å². The number of hydrogen-bond acceptors (Lipinski definition) is 4. The minimum absolute atomic E-state index is 0.0619. The van der Waals surface area contributed by atoms with E-state index in [2.05, 4.69) is 17.0 Å². The number of rotatable bonds is 1. The van der Waals surface area contributed by atoms with Gasteiger partial charge in [-0.05, 0) is 48.1 Å². The largest absolute Gasteiger partial charge is 0.504 e. The van der Waals surface area contributed by atoms with Crippen LogP contribution < -0.4 is 0 Å². The first-order valence-corrected chi connectivity index (χ1v) is 8.17. The first-order valence-electron chi connectivity index (χ1n) is 8.17. The van der Waals surface area contributed by atoms with Gasteiger partial charge in [-0.2, -0.15) is 0 Å². The predicted octanol–water partition coefficient (Wildman–Crippen LogP) is 2.89. The summed E-state index contributed by atoms with van der Waals surface area (Å²) < 4.78 is 0. The third kappa shape index (κ3) is 2.48. The number of aromatic hydroxyl groups is 2. The highest BCUT2D eigenvalue weighted by atomic mass is 16.3. The number of benzene rings is 2. The van der Waals surface area contributed by atoms with E-state index in [-0.39, 0.29) is 29.7 Å². The van der Waals surface area contributed by atoms with Crippen LogP contribution in [0.5, 0.6) is 11.5 Å². The van der Waals surface area contributed by atoms with Crippen LogP contribution in [0.25, 0.3) is 0 Å². The first-order chi connectivity index (χ1) is 11.1. The SMILES string of the molecule is Oc1cc2c(cc1O)[C@@H]1C[C@H](O)C[C@@H](c3ccccc3)N1CC2. The summed E-state index contributed by atoms with van der Waals surface area (Å²) in [5, 5.41) is 30.0. The Labute approximate surface area is 135 Å². The van der Waals surface area contributed by atoms with Crippen molar-refractivity contribution in [2.75, 3.05) is 6.54 Å². The Bertz CT molecular complexity index is 716. The van der Waals surface area contributed by atoms with Gasteiger partial charge in [0.15, 0.2) is 11.5 Å². The standard InChI is InChI=1S/C19H21NO3/c21-14-9-16(12-4-2-1-3-5-12)20-7-6-13-8-18(22)19(23)11-15(13)17(20)10-14/h1-5,8,11,14,16-17,21-23H,6-7,9-10H2/t14-,16+,17+/m1/s1. The lowest BCUT2D eigenvalue weighted by atomic mass is 9.81. The fraction of sp³-hybridized carbons (Fsp3) is 0.368. The van der Waals surface area contributed by atoms with Crippen molar-refractivity contribution >= 4 is 0 Å². The highest BCUT2D eigenvalue weighted by molar-refractivity contribution is 5.48. The smallest absolute Gasteiger partial charge is 0.157 e. The number of nitrogens with zero attached hydrogens (tertiary/aromatic N) is 1. The van der Waals surface area contributed by atoms with E-state index in [1.165, 1.54) is 5.56 Å². The number of hydrogen-bond donors (Lipinski definition) is 3. The number of piperidine rings is 1. The Balaban J connectivity index is 1.75. The third-order valence-corrected chi connectivity index (χ3v) is 5.21. The van der Waals surface area contributed by atoms with Crippen molar-refractivity contribution in [1.29, 1.82) is 0 Å². The molecule has 1 saturated heterocycles. The van der Waals surface area contributed by atoms with Crippen LogP contribution in [-0.2, 0) is 6.42 Å². The summed E-state index contributed by atoms with van der Waals surface area (Å²) in [4.78, 5) is 2.43. The van der Waals surface area contributed by atoms with Crippen LogP contribution in [0.2, 0.25) is 0 Å². The highest BCUT2D eigenvalue weighted by Crippen LogP contribution is 2.46. The van der Waals surface area contributed by atoms with E-state index < -0.39 is 0 Å². The topological polar surface area (TPSA) is 63.9 Å². The summed E-state index contributed by atoms with van der Waals surface area (Å²) in [5.74, 6) is -0.143. The second-order valence-electron chi connectivity index (χ2n) is 6.60. The molecule has 0 amide bonds. The molecule has 0 aliphatic carbocycles. The molecule has 120 valence electrons. The minimum Gasteiger partial charge on any atom is -0.504 e. The van der Waals surface area contributed by atoms with Crippen molar-refractivity contribution in [2.24, 2.45) is 0 Å². The van der Waals surface area contributed by atoms with Gasteiger partial charge in [-0.25, -0.2) is 0 Å². The molecule has 0 unspecified atom stereocenters. The zero-order chi connectivity index (χ0) is 16.0. The van der Waals surface area contributed by atoms with Crippen LogP contribution >= 0.6 is 0 Å². The minimum atomic E-state index is -0.358. The Morgan fingerprint density at radius 3 is 2.39 bits per heavy atom. The molecule has 2 heterocycles. The normalized spacial score (nSPS) is 27.3. The summed E-state index contributed by atoms with van der Waals surface area (Å²) in [6, 6.07) is 13.9. The van der Waals surface area contributed by atoms with Gasteiger partial charge in [0.2, 0.25) is 0 Å². The van der Waals surface area contributed by atoms with Crippen molar-refractivity contribution in [1.82, 2.24) is 4.90 Å². The molecule has 0 radical (unpaired) electrons. The lowest BCUT2D eigenvalue weighted by Crippen LogP contribution is -2.44. The van der Waals surface area contributed by atoms with Crippen molar-refractivity contribution < 1.29 is 15.3 Å². The van der Waals surface area contributed by atoms with Crippen LogP contribution in [0.4, 0.5) is 0 Å². The molecule has 3 atom stereocenters. The molecule has 1 fully saturated rings. The van der Waals surface area contributed by atoms with E-state index in [1.54, 1.807) is 12.1 Å². The number of aliphatic hydroxyl groups is 1. The summed E-state index contributed by atoms with van der Waals surface area (Å²) in [7, 11) is 0. The summed E-state index contributed by atoms with van der Waals surface area (Å²) >= 11 is 0. The third-order valence-electron chi connectivity index (χ3n) is 5.21. The molecular weight excluding hydrogens is 290 g/mol. The quantitative estimate of drug-likeness (QED) is 0.709. The van der Waals surface area contributed by atoms with E-state index >= 15 is 0 Å². The van der Waals surface area contributed by atoms with Gasteiger partial charge in [0.25, 0.3) is 0 Å². The Morgan fingerprint density at radius 1 is 0.913 bits per heavy atom. The van der Waals surface area contributed by atoms with Gasteiger partial charge in [0, 0.05) is 18.6 Å². The predicted molar refractivity (Wildman–Crippen MR) is 87.3 cm³/mol. The molecule has 0 spiro atoms. The molecule has 2 aliphatic heterocycles. The fourth-order valence-electron chi connectivity index (χ4n) is 4.13. The lowest BCUT2D eigenvalue weighted by molar-refractivity contribution is -0.00685.